The molecule has 2 unspecified atom stereocenters. The van der Waals surface area contributed by atoms with Gasteiger partial charge in [0.15, 0.2) is 0 Å². The Kier molecular flexibility index (Phi) is 8.35. The van der Waals surface area contributed by atoms with Crippen molar-refractivity contribution in [2.45, 2.75) is 38.3 Å². The highest BCUT2D eigenvalue weighted by Gasteiger charge is 2.47. The standard InChI is InChI=1S/C27H25Cl3FNO3/c1-18(33)32-13-12-27(21-7-9-22(28)10-8-21,35-17-20-4-2-3-5-25(20)31)26(15-32)34-16-19-6-11-23(29)24(30)14-19/h2-11,14,26H,12-13,15-17H2,1H3. The molecule has 1 fully saturated rings. The summed E-state index contributed by atoms with van der Waals surface area (Å²) in [5.74, 6) is -0.389. The van der Waals surface area contributed by atoms with Crippen LogP contribution in [0.25, 0.3) is 0 Å². The van der Waals surface area contributed by atoms with Gasteiger partial charge in [0, 0.05) is 30.5 Å². The number of piperidine rings is 1. The molecule has 3 aromatic carbocycles. The first-order valence-electron chi connectivity index (χ1n) is 11.2. The average molecular weight is 537 g/mol. The van der Waals surface area contributed by atoms with Crippen LogP contribution in [0.4, 0.5) is 4.39 Å². The second-order valence-corrected chi connectivity index (χ2v) is 9.79. The van der Waals surface area contributed by atoms with E-state index in [0.717, 1.165) is 11.1 Å². The van der Waals surface area contributed by atoms with E-state index in [-0.39, 0.29) is 24.9 Å². The van der Waals surface area contributed by atoms with Gasteiger partial charge in [0.05, 0.1) is 29.8 Å². The molecule has 0 aromatic heterocycles. The molecular formula is C27H25Cl3FNO3. The van der Waals surface area contributed by atoms with Crippen molar-refractivity contribution >= 4 is 40.7 Å². The van der Waals surface area contributed by atoms with Crippen LogP contribution >= 0.6 is 34.8 Å². The smallest absolute Gasteiger partial charge is 0.219 e. The van der Waals surface area contributed by atoms with Crippen LogP contribution in [-0.4, -0.2) is 30.0 Å². The normalized spacial score (nSPS) is 20.1. The van der Waals surface area contributed by atoms with Crippen LogP contribution < -0.4 is 0 Å². The fourth-order valence-electron chi connectivity index (χ4n) is 4.33. The zero-order valence-electron chi connectivity index (χ0n) is 19.1. The maximum absolute atomic E-state index is 14.4. The summed E-state index contributed by atoms with van der Waals surface area (Å²) in [7, 11) is 0. The zero-order valence-corrected chi connectivity index (χ0v) is 21.4. The van der Waals surface area contributed by atoms with Gasteiger partial charge in [0.25, 0.3) is 0 Å². The highest BCUT2D eigenvalue weighted by Crippen LogP contribution is 2.41. The van der Waals surface area contributed by atoms with Crippen molar-refractivity contribution in [2.75, 3.05) is 13.1 Å². The van der Waals surface area contributed by atoms with Crippen LogP contribution in [0.1, 0.15) is 30.0 Å². The summed E-state index contributed by atoms with van der Waals surface area (Å²) in [6.07, 6.45) is -0.0723. The first-order chi connectivity index (χ1) is 16.8. The lowest BCUT2D eigenvalue weighted by Crippen LogP contribution is -2.56. The Hall–Kier alpha value is -2.15. The van der Waals surface area contributed by atoms with E-state index >= 15 is 0 Å². The minimum atomic E-state index is -0.935. The SMILES string of the molecule is CC(=O)N1CCC(OCc2ccccc2F)(c2ccc(Cl)cc2)C(OCc2ccc(Cl)c(Cl)c2)C1. The number of rotatable bonds is 7. The van der Waals surface area contributed by atoms with Gasteiger partial charge in [-0.25, -0.2) is 4.39 Å². The molecule has 4 rings (SSSR count). The summed E-state index contributed by atoms with van der Waals surface area (Å²) in [4.78, 5) is 14.0. The van der Waals surface area contributed by atoms with Crippen LogP contribution in [-0.2, 0) is 33.1 Å². The van der Waals surface area contributed by atoms with Crippen molar-refractivity contribution in [3.63, 3.8) is 0 Å². The molecule has 2 atom stereocenters. The number of likely N-dealkylation sites (tertiary alicyclic amines) is 1. The predicted molar refractivity (Wildman–Crippen MR) is 136 cm³/mol. The first kappa shape index (κ1) is 25.9. The molecule has 3 aromatic rings. The van der Waals surface area contributed by atoms with E-state index in [1.54, 1.807) is 47.4 Å². The fourth-order valence-corrected chi connectivity index (χ4v) is 4.78. The van der Waals surface area contributed by atoms with E-state index in [2.05, 4.69) is 0 Å². The Bertz CT molecular complexity index is 1190. The van der Waals surface area contributed by atoms with Crippen LogP contribution in [0, 0.1) is 5.82 Å². The highest BCUT2D eigenvalue weighted by atomic mass is 35.5. The van der Waals surface area contributed by atoms with Gasteiger partial charge >= 0.3 is 0 Å². The summed E-state index contributed by atoms with van der Waals surface area (Å²) in [5.41, 5.74) is 1.19. The third-order valence-corrected chi connectivity index (χ3v) is 7.31. The minimum absolute atomic E-state index is 0.0437. The number of benzene rings is 3. The fraction of sp³-hybridized carbons (Fsp3) is 0.296. The van der Waals surface area contributed by atoms with E-state index in [9.17, 15) is 9.18 Å². The van der Waals surface area contributed by atoms with Crippen LogP contribution in [0.15, 0.2) is 66.7 Å². The summed E-state index contributed by atoms with van der Waals surface area (Å²) in [6.45, 7) is 2.59. The Morgan fingerprint density at radius 2 is 1.77 bits per heavy atom. The Balaban J connectivity index is 1.69. The van der Waals surface area contributed by atoms with Gasteiger partial charge in [-0.3, -0.25) is 4.79 Å². The van der Waals surface area contributed by atoms with Crippen molar-refractivity contribution < 1.29 is 18.7 Å². The molecule has 35 heavy (non-hydrogen) atoms. The van der Waals surface area contributed by atoms with Gasteiger partial charge < -0.3 is 14.4 Å². The van der Waals surface area contributed by atoms with E-state index in [1.807, 2.05) is 18.2 Å². The third-order valence-electron chi connectivity index (χ3n) is 6.32. The molecule has 1 amide bonds. The molecule has 1 aliphatic rings. The number of hydrogen-bond acceptors (Lipinski definition) is 3. The molecule has 0 saturated carbocycles. The first-order valence-corrected chi connectivity index (χ1v) is 12.4. The number of ether oxygens (including phenoxy) is 2. The molecule has 0 radical (unpaired) electrons. The van der Waals surface area contributed by atoms with E-state index in [0.29, 0.717) is 40.1 Å². The van der Waals surface area contributed by atoms with Gasteiger partial charge in [-0.2, -0.15) is 0 Å². The molecule has 0 N–H and O–H groups in total. The van der Waals surface area contributed by atoms with Crippen molar-refractivity contribution in [2.24, 2.45) is 0 Å². The topological polar surface area (TPSA) is 38.8 Å². The molecule has 1 saturated heterocycles. The molecule has 0 spiro atoms. The van der Waals surface area contributed by atoms with Crippen LogP contribution in [0.3, 0.4) is 0 Å². The zero-order chi connectivity index (χ0) is 25.0. The van der Waals surface area contributed by atoms with Gasteiger partial charge in [-0.15, -0.1) is 0 Å². The maximum Gasteiger partial charge on any atom is 0.219 e. The van der Waals surface area contributed by atoms with Gasteiger partial charge in [0.1, 0.15) is 17.5 Å². The lowest BCUT2D eigenvalue weighted by atomic mass is 9.81. The molecule has 4 nitrogen and oxygen atoms in total. The quantitative estimate of drug-likeness (QED) is 0.325. The largest absolute Gasteiger partial charge is 0.368 e. The van der Waals surface area contributed by atoms with Crippen molar-refractivity contribution in [3.05, 3.63) is 104 Å². The molecule has 0 aliphatic carbocycles. The summed E-state index contributed by atoms with van der Waals surface area (Å²) in [5, 5.41) is 1.48. The lowest BCUT2D eigenvalue weighted by Gasteiger charge is -2.47. The van der Waals surface area contributed by atoms with Crippen molar-refractivity contribution in [1.29, 1.82) is 0 Å². The summed E-state index contributed by atoms with van der Waals surface area (Å²) in [6, 6.07) is 19.2. The number of carbonyl (C=O) groups is 1. The molecule has 184 valence electrons. The predicted octanol–water partition coefficient (Wildman–Crippen LogP) is 7.04. The lowest BCUT2D eigenvalue weighted by molar-refractivity contribution is -0.195. The second kappa shape index (κ2) is 11.3. The summed E-state index contributed by atoms with van der Waals surface area (Å²) < 4.78 is 27.4. The van der Waals surface area contributed by atoms with Gasteiger partial charge in [-0.1, -0.05) is 71.2 Å². The van der Waals surface area contributed by atoms with E-state index < -0.39 is 11.7 Å². The van der Waals surface area contributed by atoms with Gasteiger partial charge in [0.2, 0.25) is 5.91 Å². The van der Waals surface area contributed by atoms with E-state index in [1.165, 1.54) is 13.0 Å². The monoisotopic (exact) mass is 535 g/mol. The average Bonchev–Trinajstić information content (AvgIpc) is 2.85. The molecule has 1 heterocycles. The van der Waals surface area contributed by atoms with E-state index in [4.69, 9.17) is 44.3 Å². The van der Waals surface area contributed by atoms with Crippen LogP contribution in [0.5, 0.6) is 0 Å². The number of nitrogens with zero attached hydrogens (tertiary/aromatic N) is 1. The maximum atomic E-state index is 14.4. The molecule has 8 heteroatoms. The van der Waals surface area contributed by atoms with Crippen molar-refractivity contribution in [1.82, 2.24) is 4.90 Å². The Morgan fingerprint density at radius 1 is 1.03 bits per heavy atom. The molecule has 0 bridgehead atoms. The van der Waals surface area contributed by atoms with Crippen molar-refractivity contribution in [3.8, 4) is 0 Å². The third kappa shape index (κ3) is 5.99. The number of amides is 1. The summed E-state index contributed by atoms with van der Waals surface area (Å²) >= 11 is 18.4. The number of hydrogen-bond donors (Lipinski definition) is 0. The Labute approximate surface area is 219 Å². The van der Waals surface area contributed by atoms with Crippen LogP contribution in [0.2, 0.25) is 15.1 Å². The number of carbonyl (C=O) groups excluding carboxylic acids is 1. The minimum Gasteiger partial charge on any atom is -0.368 e. The van der Waals surface area contributed by atoms with Gasteiger partial charge in [-0.05, 0) is 41.5 Å². The molecule has 1 aliphatic heterocycles. The number of halogens is 4. The second-order valence-electron chi connectivity index (χ2n) is 8.54. The highest BCUT2D eigenvalue weighted by molar-refractivity contribution is 6.42. The Morgan fingerprint density at radius 3 is 2.46 bits per heavy atom. The molecular weight excluding hydrogens is 512 g/mol.